The molecule has 2 N–H and O–H groups in total. The molecule has 0 bridgehead atoms. The fourth-order valence-corrected chi connectivity index (χ4v) is 3.24. The van der Waals surface area contributed by atoms with E-state index in [-0.39, 0.29) is 0 Å². The van der Waals surface area contributed by atoms with Crippen molar-refractivity contribution in [3.05, 3.63) is 17.3 Å². The topological polar surface area (TPSA) is 55.8 Å². The summed E-state index contributed by atoms with van der Waals surface area (Å²) in [7, 11) is 0. The van der Waals surface area contributed by atoms with Gasteiger partial charge in [0.1, 0.15) is 0 Å². The summed E-state index contributed by atoms with van der Waals surface area (Å²) in [4.78, 5) is 8.11. The van der Waals surface area contributed by atoms with E-state index in [0.29, 0.717) is 12.6 Å². The molecule has 3 heterocycles. The molecule has 98 valence electrons. The molecule has 1 fully saturated rings. The number of ether oxygens (including phenoxy) is 1. The molecule has 0 amide bonds. The van der Waals surface area contributed by atoms with E-state index in [1.807, 2.05) is 11.6 Å². The number of anilines is 1. The summed E-state index contributed by atoms with van der Waals surface area (Å²) >= 11 is 1.65. The molecule has 3 rings (SSSR count). The quantitative estimate of drug-likeness (QED) is 0.914. The van der Waals surface area contributed by atoms with Crippen molar-refractivity contribution < 1.29 is 4.74 Å². The summed E-state index contributed by atoms with van der Waals surface area (Å²) in [5.74, 6) is 1.04. The molecule has 1 aliphatic rings. The Bertz CT molecular complexity index is 535. The molecule has 1 unspecified atom stereocenters. The Morgan fingerprint density at radius 3 is 3.28 bits per heavy atom. The lowest BCUT2D eigenvalue weighted by molar-refractivity contribution is 0.0925. The van der Waals surface area contributed by atoms with Gasteiger partial charge >= 0.3 is 0 Å². The van der Waals surface area contributed by atoms with Crippen LogP contribution in [0.15, 0.2) is 11.6 Å². The molecule has 1 saturated heterocycles. The number of fused-ring (bicyclic) bond motifs is 1. The second-order valence-electron chi connectivity index (χ2n) is 4.47. The van der Waals surface area contributed by atoms with Gasteiger partial charge in [-0.3, -0.25) is 4.40 Å². The third kappa shape index (κ3) is 1.81. The van der Waals surface area contributed by atoms with Crippen molar-refractivity contribution in [3.63, 3.8) is 0 Å². The van der Waals surface area contributed by atoms with Crippen LogP contribution < -0.4 is 10.6 Å². The van der Waals surface area contributed by atoms with Gasteiger partial charge in [-0.25, -0.2) is 4.98 Å². The number of hydrogen-bond acceptors (Lipinski definition) is 5. The van der Waals surface area contributed by atoms with Gasteiger partial charge in [0, 0.05) is 24.7 Å². The van der Waals surface area contributed by atoms with Crippen LogP contribution in [-0.2, 0) is 11.3 Å². The lowest BCUT2D eigenvalue weighted by Crippen LogP contribution is -2.45. The minimum absolute atomic E-state index is 0.411. The van der Waals surface area contributed by atoms with Gasteiger partial charge in [-0.15, -0.1) is 11.3 Å². The first-order chi connectivity index (χ1) is 8.85. The molecular formula is C12H18N4OS. The normalized spacial score (nSPS) is 20.8. The van der Waals surface area contributed by atoms with Crippen molar-refractivity contribution in [2.24, 2.45) is 5.73 Å². The Kier molecular flexibility index (Phi) is 3.23. The van der Waals surface area contributed by atoms with Crippen LogP contribution in [0.5, 0.6) is 0 Å². The third-order valence-electron chi connectivity index (χ3n) is 3.50. The summed E-state index contributed by atoms with van der Waals surface area (Å²) in [6.07, 6.45) is 3.11. The fraction of sp³-hybridized carbons (Fsp3) is 0.583. The van der Waals surface area contributed by atoms with Crippen LogP contribution in [0.25, 0.3) is 4.96 Å². The maximum atomic E-state index is 5.90. The SMILES string of the molecule is CCC1COCCN1c1nc2sccn2c1CN. The van der Waals surface area contributed by atoms with Crippen molar-refractivity contribution in [2.45, 2.75) is 25.9 Å². The Balaban J connectivity index is 2.03. The number of nitrogens with two attached hydrogens (primary N) is 1. The van der Waals surface area contributed by atoms with Crippen LogP contribution in [0, 0.1) is 0 Å². The smallest absolute Gasteiger partial charge is 0.195 e. The van der Waals surface area contributed by atoms with Crippen molar-refractivity contribution in [1.29, 1.82) is 0 Å². The maximum Gasteiger partial charge on any atom is 0.195 e. The second-order valence-corrected chi connectivity index (χ2v) is 5.35. The van der Waals surface area contributed by atoms with Crippen LogP contribution in [-0.4, -0.2) is 35.2 Å². The van der Waals surface area contributed by atoms with Gasteiger partial charge in [0.2, 0.25) is 0 Å². The highest BCUT2D eigenvalue weighted by molar-refractivity contribution is 7.15. The van der Waals surface area contributed by atoms with Crippen LogP contribution in [0.1, 0.15) is 19.0 Å². The average Bonchev–Trinajstić information content (AvgIpc) is 2.98. The Morgan fingerprint density at radius 2 is 2.50 bits per heavy atom. The monoisotopic (exact) mass is 266 g/mol. The molecule has 18 heavy (non-hydrogen) atoms. The van der Waals surface area contributed by atoms with Crippen molar-refractivity contribution >= 4 is 22.1 Å². The number of nitrogens with zero attached hydrogens (tertiary/aromatic N) is 3. The third-order valence-corrected chi connectivity index (χ3v) is 4.26. The molecule has 5 nitrogen and oxygen atoms in total. The van der Waals surface area contributed by atoms with E-state index in [1.165, 1.54) is 0 Å². The molecule has 6 heteroatoms. The van der Waals surface area contributed by atoms with Gasteiger partial charge in [-0.05, 0) is 6.42 Å². The molecule has 0 saturated carbocycles. The highest BCUT2D eigenvalue weighted by atomic mass is 32.1. The summed E-state index contributed by atoms with van der Waals surface area (Å²) in [5, 5.41) is 2.04. The van der Waals surface area contributed by atoms with Crippen molar-refractivity contribution in [1.82, 2.24) is 9.38 Å². The number of hydrogen-bond donors (Lipinski definition) is 1. The number of rotatable bonds is 3. The van der Waals surface area contributed by atoms with E-state index in [9.17, 15) is 0 Å². The lowest BCUT2D eigenvalue weighted by atomic mass is 10.1. The first-order valence-electron chi connectivity index (χ1n) is 6.34. The molecular weight excluding hydrogens is 248 g/mol. The van der Waals surface area contributed by atoms with Gasteiger partial charge < -0.3 is 15.4 Å². The Hall–Kier alpha value is -1.11. The van der Waals surface area contributed by atoms with Crippen LogP contribution in [0.4, 0.5) is 5.82 Å². The standard InChI is InChI=1S/C12H18N4OS/c1-2-9-8-17-5-3-15(9)11-10(7-13)16-4-6-18-12(16)14-11/h4,6,9H,2-3,5,7-8,13H2,1H3. The second kappa shape index (κ2) is 4.87. The zero-order valence-corrected chi connectivity index (χ0v) is 11.3. The molecule has 1 atom stereocenters. The molecule has 0 spiro atoms. The highest BCUT2D eigenvalue weighted by Gasteiger charge is 2.26. The van der Waals surface area contributed by atoms with Gasteiger partial charge in [-0.1, -0.05) is 6.92 Å². The van der Waals surface area contributed by atoms with Crippen LogP contribution >= 0.6 is 11.3 Å². The summed E-state index contributed by atoms with van der Waals surface area (Å²) in [6.45, 7) is 5.15. The first-order valence-corrected chi connectivity index (χ1v) is 7.22. The number of morpholine rings is 1. The van der Waals surface area contributed by atoms with E-state index in [4.69, 9.17) is 15.5 Å². The number of imidazole rings is 1. The molecule has 0 aliphatic carbocycles. The number of thiazole rings is 1. The van der Waals surface area contributed by atoms with Gasteiger partial charge in [0.05, 0.1) is 24.9 Å². The fourth-order valence-electron chi connectivity index (χ4n) is 2.51. The van der Waals surface area contributed by atoms with Gasteiger partial charge in [0.15, 0.2) is 10.8 Å². The predicted molar refractivity (Wildman–Crippen MR) is 73.2 cm³/mol. The first kappa shape index (κ1) is 12.0. The average molecular weight is 266 g/mol. The molecule has 0 radical (unpaired) electrons. The zero-order valence-electron chi connectivity index (χ0n) is 10.5. The maximum absolute atomic E-state index is 5.90. The molecule has 0 aromatic carbocycles. The van der Waals surface area contributed by atoms with Crippen molar-refractivity contribution in [2.75, 3.05) is 24.7 Å². The summed E-state index contributed by atoms with van der Waals surface area (Å²) in [5.41, 5.74) is 7.00. The van der Waals surface area contributed by atoms with Crippen LogP contribution in [0.3, 0.4) is 0 Å². The largest absolute Gasteiger partial charge is 0.377 e. The van der Waals surface area contributed by atoms with E-state index in [1.54, 1.807) is 11.3 Å². The van der Waals surface area contributed by atoms with Crippen molar-refractivity contribution in [3.8, 4) is 0 Å². The zero-order chi connectivity index (χ0) is 12.5. The van der Waals surface area contributed by atoms with E-state index in [2.05, 4.69) is 16.2 Å². The molecule has 2 aromatic rings. The van der Waals surface area contributed by atoms with E-state index < -0.39 is 0 Å². The minimum Gasteiger partial charge on any atom is -0.377 e. The predicted octanol–water partition coefficient (Wildman–Crippen LogP) is 1.47. The van der Waals surface area contributed by atoms with Crippen LogP contribution in [0.2, 0.25) is 0 Å². The van der Waals surface area contributed by atoms with Gasteiger partial charge in [0.25, 0.3) is 0 Å². The minimum atomic E-state index is 0.411. The van der Waals surface area contributed by atoms with E-state index >= 15 is 0 Å². The molecule has 1 aliphatic heterocycles. The Morgan fingerprint density at radius 1 is 1.61 bits per heavy atom. The highest BCUT2D eigenvalue weighted by Crippen LogP contribution is 2.27. The Labute approximate surface area is 110 Å². The molecule has 2 aromatic heterocycles. The van der Waals surface area contributed by atoms with E-state index in [0.717, 1.165) is 42.7 Å². The summed E-state index contributed by atoms with van der Waals surface area (Å²) < 4.78 is 7.65. The number of aromatic nitrogens is 2. The summed E-state index contributed by atoms with van der Waals surface area (Å²) in [6, 6.07) is 0.411. The van der Waals surface area contributed by atoms with Gasteiger partial charge in [-0.2, -0.15) is 0 Å². The lowest BCUT2D eigenvalue weighted by Gasteiger charge is -2.35.